The number of nitrogens with zero attached hydrogens (tertiary/aromatic N) is 3. The molecule has 0 aliphatic heterocycles. The van der Waals surface area contributed by atoms with Crippen LogP contribution in [-0.2, 0) is 20.0 Å². The van der Waals surface area contributed by atoms with Crippen LogP contribution in [0.25, 0.3) is 0 Å². The third-order valence-electron chi connectivity index (χ3n) is 2.74. The van der Waals surface area contributed by atoms with Crippen molar-refractivity contribution in [1.29, 1.82) is 0 Å². The van der Waals surface area contributed by atoms with Gasteiger partial charge >= 0.3 is 0 Å². The molecule has 4 nitrogen and oxygen atoms in total. The predicted molar refractivity (Wildman–Crippen MR) is 62.4 cm³/mol. The van der Waals surface area contributed by atoms with Gasteiger partial charge in [0.15, 0.2) is 0 Å². The van der Waals surface area contributed by atoms with E-state index in [1.54, 1.807) is 10.8 Å². The summed E-state index contributed by atoms with van der Waals surface area (Å²) in [6.07, 6.45) is 4.42. The van der Waals surface area contributed by atoms with Gasteiger partial charge in [-0.15, -0.1) is 0 Å². The Bertz CT molecular complexity index is 539. The summed E-state index contributed by atoms with van der Waals surface area (Å²) in [6.45, 7) is 2.53. The molecule has 0 amide bonds. The zero-order valence-electron chi connectivity index (χ0n) is 9.55. The Labute approximate surface area is 94.1 Å². The van der Waals surface area contributed by atoms with Crippen LogP contribution in [-0.4, -0.2) is 14.3 Å². The predicted octanol–water partition coefficient (Wildman–Crippen LogP) is 1.13. The molecule has 0 N–H and O–H groups in total. The molecular weight excluding hydrogens is 202 g/mol. The first-order chi connectivity index (χ1) is 7.68. The smallest absolute Gasteiger partial charge is 0.253 e. The van der Waals surface area contributed by atoms with Crippen molar-refractivity contribution in [3.05, 3.63) is 52.2 Å². The van der Waals surface area contributed by atoms with Gasteiger partial charge in [0.1, 0.15) is 0 Å². The Hall–Kier alpha value is -1.84. The molecular formula is C12H15N3O. The average Bonchev–Trinajstić information content (AvgIpc) is 2.67. The lowest BCUT2D eigenvalue weighted by atomic mass is 10.2. The summed E-state index contributed by atoms with van der Waals surface area (Å²) < 4.78 is 3.57. The monoisotopic (exact) mass is 217 g/mol. The lowest BCUT2D eigenvalue weighted by Crippen LogP contribution is -2.22. The van der Waals surface area contributed by atoms with Crippen LogP contribution in [0.15, 0.2) is 35.4 Å². The Morgan fingerprint density at radius 1 is 1.38 bits per heavy atom. The molecule has 0 radical (unpaired) electrons. The lowest BCUT2D eigenvalue weighted by molar-refractivity contribution is 0.620. The van der Waals surface area contributed by atoms with Gasteiger partial charge in [-0.3, -0.25) is 9.48 Å². The third-order valence-corrected chi connectivity index (χ3v) is 2.74. The van der Waals surface area contributed by atoms with Gasteiger partial charge in [0.25, 0.3) is 5.56 Å². The SMILES string of the molecule is Cc1cccn(CCc2ccnn2C)c1=O. The standard InChI is InChI=1S/C12H15N3O/c1-10-4-3-8-15(12(10)16)9-6-11-5-7-13-14(11)2/h3-5,7-8H,6,9H2,1-2H3. The molecule has 2 aromatic rings. The van der Waals surface area contributed by atoms with E-state index < -0.39 is 0 Å². The maximum absolute atomic E-state index is 11.8. The highest BCUT2D eigenvalue weighted by atomic mass is 16.1. The minimum Gasteiger partial charge on any atom is -0.315 e. The Morgan fingerprint density at radius 3 is 2.88 bits per heavy atom. The van der Waals surface area contributed by atoms with Crippen LogP contribution in [0.4, 0.5) is 0 Å². The number of rotatable bonds is 3. The van der Waals surface area contributed by atoms with Gasteiger partial charge in [-0.05, 0) is 19.1 Å². The van der Waals surface area contributed by atoms with Crippen LogP contribution in [0.2, 0.25) is 0 Å². The summed E-state index contributed by atoms with van der Waals surface area (Å²) in [6, 6.07) is 5.71. The molecule has 0 aliphatic rings. The molecule has 2 aromatic heterocycles. The molecule has 0 spiro atoms. The minimum absolute atomic E-state index is 0.0877. The largest absolute Gasteiger partial charge is 0.315 e. The zero-order valence-corrected chi connectivity index (χ0v) is 9.55. The second-order valence-corrected chi connectivity index (χ2v) is 3.89. The fourth-order valence-electron chi connectivity index (χ4n) is 1.71. The fraction of sp³-hybridized carbons (Fsp3) is 0.333. The summed E-state index contributed by atoms with van der Waals surface area (Å²) >= 11 is 0. The van der Waals surface area contributed by atoms with Gasteiger partial charge < -0.3 is 4.57 Å². The van der Waals surface area contributed by atoms with Crippen LogP contribution in [0.1, 0.15) is 11.3 Å². The van der Waals surface area contributed by atoms with Gasteiger partial charge in [-0.25, -0.2) is 0 Å². The summed E-state index contributed by atoms with van der Waals surface area (Å²) in [7, 11) is 1.91. The van der Waals surface area contributed by atoms with Crippen molar-refractivity contribution in [1.82, 2.24) is 14.3 Å². The molecule has 0 saturated carbocycles. The van der Waals surface area contributed by atoms with Crippen LogP contribution in [0.3, 0.4) is 0 Å². The van der Waals surface area contributed by atoms with E-state index in [0.717, 1.165) is 17.7 Å². The van der Waals surface area contributed by atoms with E-state index in [-0.39, 0.29) is 5.56 Å². The van der Waals surface area contributed by atoms with Crippen LogP contribution in [0, 0.1) is 6.92 Å². The van der Waals surface area contributed by atoms with Gasteiger partial charge in [0.2, 0.25) is 0 Å². The van der Waals surface area contributed by atoms with E-state index in [2.05, 4.69) is 5.10 Å². The average molecular weight is 217 g/mol. The number of hydrogen-bond donors (Lipinski definition) is 0. The molecule has 16 heavy (non-hydrogen) atoms. The quantitative estimate of drug-likeness (QED) is 0.773. The molecule has 2 heterocycles. The van der Waals surface area contributed by atoms with Crippen molar-refractivity contribution in [2.45, 2.75) is 19.9 Å². The molecule has 0 aliphatic carbocycles. The van der Waals surface area contributed by atoms with Crippen LogP contribution < -0.4 is 5.56 Å². The van der Waals surface area contributed by atoms with Crippen LogP contribution >= 0.6 is 0 Å². The van der Waals surface area contributed by atoms with E-state index in [0.29, 0.717) is 6.54 Å². The number of aromatic nitrogens is 3. The molecule has 2 rings (SSSR count). The minimum atomic E-state index is 0.0877. The van der Waals surface area contributed by atoms with Crippen LogP contribution in [0.5, 0.6) is 0 Å². The van der Waals surface area contributed by atoms with E-state index in [4.69, 9.17) is 0 Å². The summed E-state index contributed by atoms with van der Waals surface area (Å²) in [4.78, 5) is 11.8. The normalized spacial score (nSPS) is 10.6. The molecule has 0 bridgehead atoms. The fourth-order valence-corrected chi connectivity index (χ4v) is 1.71. The number of hydrogen-bond acceptors (Lipinski definition) is 2. The first-order valence-electron chi connectivity index (χ1n) is 5.31. The molecule has 0 aromatic carbocycles. The zero-order chi connectivity index (χ0) is 11.5. The van der Waals surface area contributed by atoms with Crippen molar-refractivity contribution in [2.24, 2.45) is 7.05 Å². The van der Waals surface area contributed by atoms with Crippen molar-refractivity contribution in [3.8, 4) is 0 Å². The van der Waals surface area contributed by atoms with Crippen molar-refractivity contribution < 1.29 is 0 Å². The number of aryl methyl sites for hydroxylation is 4. The topological polar surface area (TPSA) is 39.8 Å². The number of pyridine rings is 1. The highest BCUT2D eigenvalue weighted by molar-refractivity contribution is 5.08. The lowest BCUT2D eigenvalue weighted by Gasteiger charge is -2.06. The molecule has 0 atom stereocenters. The van der Waals surface area contributed by atoms with E-state index in [1.165, 1.54) is 0 Å². The summed E-state index contributed by atoms with van der Waals surface area (Å²) in [5.74, 6) is 0. The highest BCUT2D eigenvalue weighted by Crippen LogP contribution is 1.99. The van der Waals surface area contributed by atoms with E-state index >= 15 is 0 Å². The Morgan fingerprint density at radius 2 is 2.19 bits per heavy atom. The highest BCUT2D eigenvalue weighted by Gasteiger charge is 2.01. The van der Waals surface area contributed by atoms with Gasteiger partial charge in [-0.2, -0.15) is 5.10 Å². The maximum atomic E-state index is 11.8. The van der Waals surface area contributed by atoms with Gasteiger partial charge in [-0.1, -0.05) is 6.07 Å². The first-order valence-corrected chi connectivity index (χ1v) is 5.31. The molecule has 4 heteroatoms. The van der Waals surface area contributed by atoms with Gasteiger partial charge in [0.05, 0.1) is 0 Å². The van der Waals surface area contributed by atoms with Gasteiger partial charge in [0, 0.05) is 43.7 Å². The second-order valence-electron chi connectivity index (χ2n) is 3.89. The molecule has 0 fully saturated rings. The summed E-state index contributed by atoms with van der Waals surface area (Å²) in [5, 5.41) is 4.10. The third kappa shape index (κ3) is 2.05. The molecule has 0 saturated heterocycles. The Kier molecular flexibility index (Phi) is 2.90. The first kappa shape index (κ1) is 10.7. The molecule has 84 valence electrons. The molecule has 0 unspecified atom stereocenters. The van der Waals surface area contributed by atoms with E-state index in [1.807, 2.05) is 43.0 Å². The summed E-state index contributed by atoms with van der Waals surface area (Å²) in [5.41, 5.74) is 2.01. The van der Waals surface area contributed by atoms with E-state index in [9.17, 15) is 4.79 Å². The van der Waals surface area contributed by atoms with Crippen molar-refractivity contribution in [3.63, 3.8) is 0 Å². The second kappa shape index (κ2) is 4.35. The van der Waals surface area contributed by atoms with Crippen molar-refractivity contribution in [2.75, 3.05) is 0 Å². The Balaban J connectivity index is 2.14. The maximum Gasteiger partial charge on any atom is 0.253 e. The van der Waals surface area contributed by atoms with Crippen molar-refractivity contribution >= 4 is 0 Å².